The molecule has 1 saturated carbocycles. The topological polar surface area (TPSA) is 486 Å². The molecule has 588 valence electrons. The highest BCUT2D eigenvalue weighted by atomic mass is 19.4. The van der Waals surface area contributed by atoms with Gasteiger partial charge in [0.15, 0.2) is 37.9 Å². The molecule has 3 atom stereocenters. The van der Waals surface area contributed by atoms with Gasteiger partial charge in [-0.2, -0.15) is 28.3 Å². The van der Waals surface area contributed by atoms with Gasteiger partial charge in [-0.1, -0.05) is 58.4 Å². The molecule has 0 saturated heterocycles. The SMILES string of the molecule is Cc1cc[n+](Cc2cn(CC(=O)NCC3CCC(C(=O)CC(Cc4ccc5ccccc5c4)C(=O)NCCCCCNC(=O)N[C@@H](CCC(=O)O)C(=O)O)CC3)nn2)cc1.O=C(O)CC[C@H](NC(=O)NCCCCCNC(=O)c1ccc(Cn2cc(C[n+]3ccc([B-](F)(F)F)cc3)nn2)nc1)C(=O)O.O=C=O.O=C=O. The second-order valence-corrected chi connectivity index (χ2v) is 25.8. The second-order valence-electron chi connectivity index (χ2n) is 25.8. The number of carbonyl (C=O) groups is 10. The van der Waals surface area contributed by atoms with Crippen molar-refractivity contribution in [1.82, 2.24) is 72.2 Å². The summed E-state index contributed by atoms with van der Waals surface area (Å²) in [6, 6.07) is 19.5. The van der Waals surface area contributed by atoms with Crippen LogP contribution in [0, 0.1) is 24.7 Å². The summed E-state index contributed by atoms with van der Waals surface area (Å²) < 4.78 is 45.0. The van der Waals surface area contributed by atoms with Crippen LogP contribution >= 0.6 is 0 Å². The first-order valence-electron chi connectivity index (χ1n) is 35.3. The summed E-state index contributed by atoms with van der Waals surface area (Å²) in [5.41, 5.74) is 3.77. The third kappa shape index (κ3) is 34.0. The van der Waals surface area contributed by atoms with Gasteiger partial charge in [-0.25, -0.2) is 28.5 Å². The number of nitrogens with one attached hydrogen (secondary N) is 7. The molecule has 7 aromatic rings. The Morgan fingerprint density at radius 2 is 1.10 bits per heavy atom. The van der Waals surface area contributed by atoms with Gasteiger partial charge in [-0.05, 0) is 142 Å². The summed E-state index contributed by atoms with van der Waals surface area (Å²) in [7, 11) is 0. The number of carboxylic acids is 4. The first-order valence-corrected chi connectivity index (χ1v) is 35.3. The minimum absolute atomic E-state index is 0.0747. The van der Waals surface area contributed by atoms with E-state index >= 15 is 0 Å². The highest BCUT2D eigenvalue weighted by Crippen LogP contribution is 2.31. The van der Waals surface area contributed by atoms with Gasteiger partial charge in [0.2, 0.25) is 11.8 Å². The summed E-state index contributed by atoms with van der Waals surface area (Å²) in [4.78, 5) is 157. The maximum atomic E-state index is 13.7. The molecule has 1 aliphatic carbocycles. The van der Waals surface area contributed by atoms with Gasteiger partial charge in [-0.3, -0.25) is 33.8 Å². The molecule has 0 aliphatic heterocycles. The second kappa shape index (κ2) is 47.3. The fourth-order valence-electron chi connectivity index (χ4n) is 11.5. The molecule has 2 aromatic carbocycles. The largest absolute Gasteiger partial charge is 0.510 e. The first-order chi connectivity index (χ1) is 52.6. The number of rotatable bonds is 40. The number of benzene rings is 2. The number of unbranched alkanes of at least 4 members (excludes halogenated alkanes) is 4. The molecule has 7 amide bonds. The van der Waals surface area contributed by atoms with E-state index in [9.17, 15) is 66.0 Å². The molecule has 5 aromatic heterocycles. The van der Waals surface area contributed by atoms with Gasteiger partial charge >= 0.3 is 55.2 Å². The number of aryl methyl sites for hydroxylation is 1. The quantitative estimate of drug-likeness (QED) is 0.0149. The van der Waals surface area contributed by atoms with Crippen molar-refractivity contribution < 1.29 is 110 Å². The van der Waals surface area contributed by atoms with Gasteiger partial charge in [0.25, 0.3) is 5.91 Å². The van der Waals surface area contributed by atoms with Gasteiger partial charge in [0.1, 0.15) is 35.8 Å². The number of fused-ring (bicyclic) bond motifs is 1. The highest BCUT2D eigenvalue weighted by molar-refractivity contribution is 6.73. The Bertz CT molecular complexity index is 4210. The van der Waals surface area contributed by atoms with E-state index in [0.29, 0.717) is 101 Å². The zero-order chi connectivity index (χ0) is 80.4. The molecule has 1 unspecified atom stereocenters. The standard InChI is InChI=1S/C44H56N8O8.C26H32BF3N8O6.2CO2/c1-30-17-21-51(22-18-30)27-37-28-52(50-49-37)29-40(54)47-26-31-9-13-34(14-10-31)39(53)25-36(24-32-11-12-33-7-3-4-8-35(33)23-32)42(57)45-19-5-2-6-20-46-44(60)48-38(43(58)59)15-16-41(55)56;28-27(29,30)19-8-12-37(13-9-19)15-21-17-38(36-35-21)16-20-5-4-18(14-33-20)24(41)31-10-2-1-3-11-32-26(44)34-22(25(42)43)6-7-23(39)40;2*2-1-3/h3-4,7-8,11-12,17-18,21-23,28,31,34,36,38H,2,5-6,9-10,13-16,19-20,24-27,29H2,1H3,(H5-,45,46,47,48,54,55,56,57,58,59,60);4-5,8-9,12-14,17,22H,1-3,6-7,10-11,15-16H2,(H,31,41)(H,39,40)(H,42,43)(H2,32,34,44);;/p+1/t31?,34?,36?,38-;22-;;/m00../s1. The monoisotopic (exact) mass is 1530 g/mol. The number of hydrogen-bond acceptors (Lipinski definition) is 19. The number of Topliss-reactive ketones (excluding diaryl/α,β-unsaturated/α-hetero) is 1. The van der Waals surface area contributed by atoms with Crippen molar-refractivity contribution in [3.05, 3.63) is 156 Å². The average Bonchev–Trinajstić information content (AvgIpc) is 1.47. The summed E-state index contributed by atoms with van der Waals surface area (Å²) in [6.45, 7) is -0.00493. The summed E-state index contributed by atoms with van der Waals surface area (Å²) in [6.07, 6.45) is 18.2. The molecule has 0 bridgehead atoms. The predicted molar refractivity (Wildman–Crippen MR) is 380 cm³/mol. The van der Waals surface area contributed by atoms with Gasteiger partial charge < -0.3 is 70.6 Å². The third-order valence-electron chi connectivity index (χ3n) is 17.3. The number of urea groups is 2. The number of aliphatic carboxylic acids is 4. The van der Waals surface area contributed by atoms with Crippen molar-refractivity contribution in [3.8, 4) is 0 Å². The maximum Gasteiger partial charge on any atom is 0.510 e. The van der Waals surface area contributed by atoms with Crippen LogP contribution in [0.3, 0.4) is 0 Å². The highest BCUT2D eigenvalue weighted by Gasteiger charge is 2.32. The number of nitrogens with zero attached hydrogens (tertiary/aromatic N) is 9. The van der Waals surface area contributed by atoms with Crippen molar-refractivity contribution >= 4 is 95.0 Å². The van der Waals surface area contributed by atoms with Crippen LogP contribution in [0.4, 0.5) is 22.5 Å². The van der Waals surface area contributed by atoms with Gasteiger partial charge in [-0.15, -0.1) is 10.2 Å². The number of halogens is 3. The van der Waals surface area contributed by atoms with Crippen LogP contribution in [0.15, 0.2) is 122 Å². The molecule has 34 nitrogen and oxygen atoms in total. The lowest BCUT2D eigenvalue weighted by Gasteiger charge is -2.28. The molecule has 0 spiro atoms. The molecule has 0 radical (unpaired) electrons. The molecule has 5 heterocycles. The number of hydrogen-bond donors (Lipinski definition) is 11. The van der Waals surface area contributed by atoms with Crippen LogP contribution < -0.4 is 51.8 Å². The Balaban J connectivity index is 0.000000383. The Kier molecular flexibility index (Phi) is 37.9. The fraction of sp³-hybridized carbons (Fsp3) is 0.431. The van der Waals surface area contributed by atoms with Crippen molar-refractivity contribution in [2.75, 3.05) is 32.7 Å². The van der Waals surface area contributed by atoms with Crippen LogP contribution in [0.1, 0.15) is 135 Å². The lowest BCUT2D eigenvalue weighted by molar-refractivity contribution is -0.689. The molecule has 110 heavy (non-hydrogen) atoms. The number of carbonyl (C=O) groups excluding carboxylic acids is 10. The number of ketones is 1. The summed E-state index contributed by atoms with van der Waals surface area (Å²) >= 11 is 0. The van der Waals surface area contributed by atoms with Crippen molar-refractivity contribution in [2.45, 2.75) is 148 Å². The van der Waals surface area contributed by atoms with E-state index in [2.05, 4.69) is 68.9 Å². The Labute approximate surface area is 628 Å². The molecule has 11 N–H and O–H groups in total. The van der Waals surface area contributed by atoms with E-state index in [1.165, 1.54) is 33.5 Å². The van der Waals surface area contributed by atoms with E-state index < -0.39 is 66.4 Å². The molecule has 1 fully saturated rings. The lowest BCUT2D eigenvalue weighted by atomic mass is 9.77. The molecular formula is C72H89BF3N16O18+. The number of aromatic nitrogens is 9. The van der Waals surface area contributed by atoms with E-state index in [0.717, 1.165) is 47.0 Å². The van der Waals surface area contributed by atoms with E-state index in [-0.39, 0.29) is 112 Å². The van der Waals surface area contributed by atoms with E-state index in [1.807, 2.05) is 72.4 Å². The average molecular weight is 1530 g/mol. The van der Waals surface area contributed by atoms with E-state index in [4.69, 9.17) is 34.5 Å². The molecule has 38 heteroatoms. The van der Waals surface area contributed by atoms with Crippen molar-refractivity contribution in [2.24, 2.45) is 17.8 Å². The van der Waals surface area contributed by atoms with Crippen LogP contribution in [-0.4, -0.2) is 179 Å². The van der Waals surface area contributed by atoms with Crippen molar-refractivity contribution in [3.63, 3.8) is 0 Å². The normalized spacial score (nSPS) is 13.6. The number of amides is 7. The molecule has 1 aliphatic rings. The van der Waals surface area contributed by atoms with Crippen LogP contribution in [0.2, 0.25) is 0 Å². The first kappa shape index (κ1) is 88.2. The van der Waals surface area contributed by atoms with Crippen LogP contribution in [0.5, 0.6) is 0 Å². The Morgan fingerprint density at radius 1 is 0.591 bits per heavy atom. The minimum atomic E-state index is -5.05. The zero-order valence-corrected chi connectivity index (χ0v) is 60.4. The molecular weight excluding hydrogens is 1440 g/mol. The smallest absolute Gasteiger partial charge is 0.481 e. The third-order valence-corrected chi connectivity index (χ3v) is 17.3. The maximum absolute atomic E-state index is 13.7. The zero-order valence-electron chi connectivity index (χ0n) is 60.4. The van der Waals surface area contributed by atoms with Gasteiger partial charge in [0, 0.05) is 82.2 Å². The Morgan fingerprint density at radius 3 is 1.62 bits per heavy atom. The van der Waals surface area contributed by atoms with Crippen LogP contribution in [0.25, 0.3) is 10.8 Å². The lowest BCUT2D eigenvalue weighted by Crippen LogP contribution is -2.46. The van der Waals surface area contributed by atoms with E-state index in [1.54, 1.807) is 29.1 Å². The van der Waals surface area contributed by atoms with Gasteiger partial charge in [0.05, 0.1) is 30.2 Å². The van der Waals surface area contributed by atoms with Crippen LogP contribution in [-0.2, 0) is 85.3 Å². The van der Waals surface area contributed by atoms with Crippen molar-refractivity contribution in [1.29, 1.82) is 0 Å². The molecule has 8 rings (SSSR count). The predicted octanol–water partition coefficient (Wildman–Crippen LogP) is 3.18. The minimum Gasteiger partial charge on any atom is -0.481 e. The summed E-state index contributed by atoms with van der Waals surface area (Å²) in [5.74, 6) is -5.90. The summed E-state index contributed by atoms with van der Waals surface area (Å²) in [5, 5.41) is 72.7. The number of pyridine rings is 3. The Hall–Kier alpha value is -12.5. The number of carboxylic acid groups (broad SMARTS) is 4. The fourth-order valence-corrected chi connectivity index (χ4v) is 11.5.